The lowest BCUT2D eigenvalue weighted by molar-refractivity contribution is -0.165. The second-order valence-electron chi connectivity index (χ2n) is 16.8. The number of nitrogens with zero attached hydrogens (tertiary/aromatic N) is 4. The Morgan fingerprint density at radius 2 is 1.63 bits per heavy atom. The van der Waals surface area contributed by atoms with Crippen molar-refractivity contribution in [3.05, 3.63) is 113 Å². The third-order valence-electron chi connectivity index (χ3n) is 12.4. The van der Waals surface area contributed by atoms with Gasteiger partial charge in [-0.3, -0.25) is 19.5 Å². The fourth-order valence-corrected chi connectivity index (χ4v) is 8.81. The average Bonchev–Trinajstić information content (AvgIpc) is 3.64. The van der Waals surface area contributed by atoms with E-state index in [1.54, 1.807) is 28.9 Å². The number of rotatable bonds is 18. The first-order chi connectivity index (χ1) is 30.2. The van der Waals surface area contributed by atoms with Gasteiger partial charge < -0.3 is 29.7 Å². The van der Waals surface area contributed by atoms with Gasteiger partial charge in [-0.25, -0.2) is 9.59 Å². The molecule has 2 N–H and O–H groups in total. The van der Waals surface area contributed by atoms with Crippen LogP contribution in [0.4, 0.5) is 10.5 Å². The van der Waals surface area contributed by atoms with E-state index in [1.165, 1.54) is 12.8 Å². The lowest BCUT2D eigenvalue weighted by Gasteiger charge is -2.41. The summed E-state index contributed by atoms with van der Waals surface area (Å²) in [6.07, 6.45) is 23.7. The maximum atomic E-state index is 13.5. The molecule has 12 nitrogen and oxygen atoms in total. The summed E-state index contributed by atoms with van der Waals surface area (Å²) in [5.41, 5.74) is 3.25. The highest BCUT2D eigenvalue weighted by Gasteiger charge is 2.52. The number of unbranched alkanes of at least 4 members (excludes halogenated alkanes) is 5. The molecule has 1 aromatic heterocycles. The number of carbonyl (C=O) groups is 4. The van der Waals surface area contributed by atoms with Crippen LogP contribution in [0.25, 0.3) is 10.9 Å². The standard InChI is InChI=1S/C50H61N5O7/c1-3-5-6-7-8-9-10-11-12-13-14-15-16-17-18-19-45(56)51-39-22-20-36(21-23-39)33-53-26-28-54(29-27-53)49(59)62-40-24-25-43-37(31-40)30-38-34-55-44(46(38)52-43)32-42-41(47(55)57)35-61-48(58)50(42,60)4-2/h5-6,8-9,11-12,20-25,30-31,44,60H,3-4,7,10,13-19,26-29,32-35H2,1-2H3,(H,51,56)/b6-5+,9-8+,12-11+/t44?,50-/m0/s1. The first kappa shape index (κ1) is 44.5. The summed E-state index contributed by atoms with van der Waals surface area (Å²) in [6, 6.07) is 14.9. The number of ether oxygens (including phenoxy) is 2. The third-order valence-corrected chi connectivity index (χ3v) is 12.4. The van der Waals surface area contributed by atoms with Crippen molar-refractivity contribution in [1.29, 1.82) is 0 Å². The van der Waals surface area contributed by atoms with Gasteiger partial charge in [-0.1, -0.05) is 81.7 Å². The van der Waals surface area contributed by atoms with Gasteiger partial charge in [0.25, 0.3) is 5.91 Å². The highest BCUT2D eigenvalue weighted by atomic mass is 16.6. The van der Waals surface area contributed by atoms with Gasteiger partial charge in [-0.05, 0) is 104 Å². The van der Waals surface area contributed by atoms with Crippen molar-refractivity contribution in [3.8, 4) is 5.75 Å². The number of hydrogen-bond acceptors (Lipinski definition) is 9. The minimum Gasteiger partial charge on any atom is -0.458 e. The highest BCUT2D eigenvalue weighted by molar-refractivity contribution is 6.01. The van der Waals surface area contributed by atoms with E-state index in [1.807, 2.05) is 36.4 Å². The molecule has 4 aliphatic heterocycles. The van der Waals surface area contributed by atoms with Crippen molar-refractivity contribution < 1.29 is 33.8 Å². The predicted molar refractivity (Wildman–Crippen MR) is 240 cm³/mol. The Morgan fingerprint density at radius 3 is 2.39 bits per heavy atom. The molecular weight excluding hydrogens is 783 g/mol. The van der Waals surface area contributed by atoms with Gasteiger partial charge in [0.15, 0.2) is 5.60 Å². The molecule has 1 saturated heterocycles. The maximum absolute atomic E-state index is 13.5. The normalized spacial score (nSPS) is 20.3. The Labute approximate surface area is 365 Å². The Bertz CT molecular complexity index is 2220. The SMILES string of the molecule is CC/C=C/C/C=C/C/C=C/CCCCCCCC(=O)Nc1ccc(CN2CCN(C(=O)Oc3ccc4nc5c(cc4c3)CN3C(=O)C4=C(CC53)[C@@](O)(CC)C(=O)OC4)CC2)cc1. The third kappa shape index (κ3) is 10.7. The van der Waals surface area contributed by atoms with Gasteiger partial charge in [-0.2, -0.15) is 0 Å². The van der Waals surface area contributed by atoms with Gasteiger partial charge in [0.2, 0.25) is 5.91 Å². The van der Waals surface area contributed by atoms with Crippen LogP contribution in [0.3, 0.4) is 0 Å². The number of amides is 3. The van der Waals surface area contributed by atoms with Crippen LogP contribution < -0.4 is 10.1 Å². The Hall–Kier alpha value is -5.59. The van der Waals surface area contributed by atoms with Gasteiger partial charge in [-0.15, -0.1) is 0 Å². The van der Waals surface area contributed by atoms with Gasteiger partial charge in [0, 0.05) is 56.8 Å². The number of cyclic esters (lactones) is 1. The number of nitrogens with one attached hydrogen (secondary N) is 1. The number of fused-ring (bicyclic) bond motifs is 4. The molecule has 0 spiro atoms. The molecule has 328 valence electrons. The number of aromatic nitrogens is 1. The van der Waals surface area contributed by atoms with E-state index in [0.29, 0.717) is 68.0 Å². The van der Waals surface area contributed by atoms with E-state index >= 15 is 0 Å². The van der Waals surface area contributed by atoms with Crippen LogP contribution >= 0.6 is 0 Å². The maximum Gasteiger partial charge on any atom is 0.415 e. The van der Waals surface area contributed by atoms with Crippen LogP contribution in [0.2, 0.25) is 0 Å². The Kier molecular flexibility index (Phi) is 15.1. The molecule has 0 bridgehead atoms. The molecule has 2 atom stereocenters. The highest BCUT2D eigenvalue weighted by Crippen LogP contribution is 2.47. The molecule has 7 rings (SSSR count). The van der Waals surface area contributed by atoms with Gasteiger partial charge in [0.05, 0.1) is 22.8 Å². The number of piperazine rings is 1. The van der Waals surface area contributed by atoms with Crippen LogP contribution in [0.15, 0.2) is 96.1 Å². The topological polar surface area (TPSA) is 142 Å². The van der Waals surface area contributed by atoms with E-state index in [0.717, 1.165) is 79.4 Å². The fraction of sp³-hybridized carbons (Fsp3) is 0.460. The second kappa shape index (κ2) is 21.0. The second-order valence-corrected chi connectivity index (χ2v) is 16.8. The smallest absolute Gasteiger partial charge is 0.415 e. The zero-order chi connectivity index (χ0) is 43.5. The van der Waals surface area contributed by atoms with Crippen molar-refractivity contribution in [2.24, 2.45) is 0 Å². The summed E-state index contributed by atoms with van der Waals surface area (Å²) < 4.78 is 11.0. The summed E-state index contributed by atoms with van der Waals surface area (Å²) >= 11 is 0. The summed E-state index contributed by atoms with van der Waals surface area (Å²) in [5.74, 6) is -0.492. The van der Waals surface area contributed by atoms with Crippen molar-refractivity contribution in [2.75, 3.05) is 38.1 Å². The Balaban J connectivity index is 0.797. The fourth-order valence-electron chi connectivity index (χ4n) is 8.81. The summed E-state index contributed by atoms with van der Waals surface area (Å²) in [4.78, 5) is 62.5. The van der Waals surface area contributed by atoms with Crippen molar-refractivity contribution in [1.82, 2.24) is 19.7 Å². The molecule has 0 saturated carbocycles. The lowest BCUT2D eigenvalue weighted by Crippen LogP contribution is -2.51. The van der Waals surface area contributed by atoms with Crippen LogP contribution in [-0.2, 0) is 32.2 Å². The molecule has 1 unspecified atom stereocenters. The van der Waals surface area contributed by atoms with E-state index in [9.17, 15) is 24.3 Å². The molecule has 3 amide bonds. The zero-order valence-electron chi connectivity index (χ0n) is 36.3. The van der Waals surface area contributed by atoms with Crippen molar-refractivity contribution >= 4 is 40.5 Å². The van der Waals surface area contributed by atoms with Gasteiger partial charge in [0.1, 0.15) is 12.4 Å². The number of benzene rings is 2. The van der Waals surface area contributed by atoms with Crippen LogP contribution in [0.5, 0.6) is 5.75 Å². The van der Waals surface area contributed by atoms with E-state index in [-0.39, 0.29) is 30.9 Å². The molecule has 2 aromatic carbocycles. The summed E-state index contributed by atoms with van der Waals surface area (Å²) in [6.45, 7) is 7.30. The molecule has 1 fully saturated rings. The minimum atomic E-state index is -1.81. The Morgan fingerprint density at radius 1 is 0.903 bits per heavy atom. The average molecular weight is 844 g/mol. The molecule has 0 radical (unpaired) electrons. The zero-order valence-corrected chi connectivity index (χ0v) is 36.3. The van der Waals surface area contributed by atoms with Crippen LogP contribution in [0.1, 0.15) is 114 Å². The lowest BCUT2D eigenvalue weighted by atomic mass is 9.79. The first-order valence-corrected chi connectivity index (χ1v) is 22.6. The number of esters is 1. The van der Waals surface area contributed by atoms with Crippen LogP contribution in [-0.4, -0.2) is 87.1 Å². The van der Waals surface area contributed by atoms with Crippen LogP contribution in [0, 0.1) is 0 Å². The number of anilines is 1. The molecule has 5 heterocycles. The number of carbonyl (C=O) groups excluding carboxylic acids is 4. The van der Waals surface area contributed by atoms with Crippen molar-refractivity contribution in [3.63, 3.8) is 0 Å². The molecule has 12 heteroatoms. The molecule has 62 heavy (non-hydrogen) atoms. The molecule has 3 aromatic rings. The molecular formula is C50H61N5O7. The summed E-state index contributed by atoms with van der Waals surface area (Å²) in [5, 5.41) is 15.0. The quantitative estimate of drug-likeness (QED) is 0.0730. The molecule has 4 aliphatic rings. The number of allylic oxidation sites excluding steroid dienone is 6. The monoisotopic (exact) mass is 843 g/mol. The number of aliphatic hydroxyl groups is 1. The van der Waals surface area contributed by atoms with E-state index < -0.39 is 17.7 Å². The van der Waals surface area contributed by atoms with Gasteiger partial charge >= 0.3 is 12.1 Å². The van der Waals surface area contributed by atoms with E-state index in [4.69, 9.17) is 14.5 Å². The minimum absolute atomic E-state index is 0.0542. The predicted octanol–water partition coefficient (Wildman–Crippen LogP) is 8.86. The number of hydrogen-bond donors (Lipinski definition) is 2. The number of pyridine rings is 1. The summed E-state index contributed by atoms with van der Waals surface area (Å²) in [7, 11) is 0. The largest absolute Gasteiger partial charge is 0.458 e. The molecule has 0 aliphatic carbocycles. The first-order valence-electron chi connectivity index (χ1n) is 22.6. The van der Waals surface area contributed by atoms with E-state index in [2.05, 4.69) is 53.6 Å². The van der Waals surface area contributed by atoms with Crippen molar-refractivity contribution in [2.45, 2.75) is 116 Å².